The molecule has 0 saturated heterocycles. The first kappa shape index (κ1) is 18.4. The van der Waals surface area contributed by atoms with Crippen LogP contribution in [-0.2, 0) is 0 Å². The minimum Gasteiger partial charge on any atom is -0.0683 e. The first-order valence-electron chi connectivity index (χ1n) is 7.74. The molecule has 0 bridgehead atoms. The molecule has 0 aliphatic carbocycles. The molecule has 0 fully saturated rings. The molecular weight excluding hydrogens is 240 g/mol. The molecule has 0 nitrogen and oxygen atoms in total. The summed E-state index contributed by atoms with van der Waals surface area (Å²) in [5, 5.41) is 0. The van der Waals surface area contributed by atoms with E-state index in [1.54, 1.807) is 0 Å². The van der Waals surface area contributed by atoms with Gasteiger partial charge >= 0.3 is 0 Å². The van der Waals surface area contributed by atoms with E-state index < -0.39 is 0 Å². The van der Waals surface area contributed by atoms with Crippen LogP contribution in [0.2, 0.25) is 0 Å². The molecule has 0 heterocycles. The Morgan fingerprint density at radius 3 is 0.850 bits per heavy atom. The standard InChI is InChI=1S/C16H18.2C2H6/c1-11-7-5-8-12(2)15(11)16-13(3)9-6-10-14(16)4;2*1-2/h5-10H,1-4H3;2*1-2H3. The molecule has 0 aromatic heterocycles. The molecule has 0 heteroatoms. The van der Waals surface area contributed by atoms with Gasteiger partial charge in [0.1, 0.15) is 0 Å². The second kappa shape index (κ2) is 9.36. The van der Waals surface area contributed by atoms with Gasteiger partial charge in [0.15, 0.2) is 0 Å². The molecule has 0 N–H and O–H groups in total. The number of aryl methyl sites for hydroxylation is 4. The van der Waals surface area contributed by atoms with Gasteiger partial charge in [-0.1, -0.05) is 64.1 Å². The molecule has 0 atom stereocenters. The highest BCUT2D eigenvalue weighted by Gasteiger charge is 2.09. The summed E-state index contributed by atoms with van der Waals surface area (Å²) in [7, 11) is 0. The maximum atomic E-state index is 2.19. The predicted molar refractivity (Wildman–Crippen MR) is 93.5 cm³/mol. The summed E-state index contributed by atoms with van der Waals surface area (Å²) < 4.78 is 0. The van der Waals surface area contributed by atoms with E-state index in [9.17, 15) is 0 Å². The van der Waals surface area contributed by atoms with Gasteiger partial charge < -0.3 is 0 Å². The lowest BCUT2D eigenvalue weighted by molar-refractivity contribution is 1.32. The van der Waals surface area contributed by atoms with Gasteiger partial charge in [0.2, 0.25) is 0 Å². The van der Waals surface area contributed by atoms with Crippen molar-refractivity contribution in [2.24, 2.45) is 0 Å². The van der Waals surface area contributed by atoms with Gasteiger partial charge in [-0.05, 0) is 61.1 Å². The van der Waals surface area contributed by atoms with Crippen LogP contribution in [0.1, 0.15) is 49.9 Å². The molecule has 20 heavy (non-hydrogen) atoms. The molecule has 0 aliphatic heterocycles. The third kappa shape index (κ3) is 4.23. The van der Waals surface area contributed by atoms with E-state index in [0.29, 0.717) is 0 Å². The Morgan fingerprint density at radius 1 is 0.450 bits per heavy atom. The fourth-order valence-electron chi connectivity index (χ4n) is 2.42. The topological polar surface area (TPSA) is 0 Å². The van der Waals surface area contributed by atoms with Gasteiger partial charge in [-0.2, -0.15) is 0 Å². The monoisotopic (exact) mass is 270 g/mol. The largest absolute Gasteiger partial charge is 0.0683 e. The van der Waals surface area contributed by atoms with E-state index in [-0.39, 0.29) is 0 Å². The van der Waals surface area contributed by atoms with Gasteiger partial charge in [0, 0.05) is 0 Å². The number of hydrogen-bond acceptors (Lipinski definition) is 0. The van der Waals surface area contributed by atoms with E-state index in [1.165, 1.54) is 33.4 Å². The second-order valence-corrected chi connectivity index (χ2v) is 4.53. The summed E-state index contributed by atoms with van der Waals surface area (Å²) in [4.78, 5) is 0. The van der Waals surface area contributed by atoms with Crippen molar-refractivity contribution in [1.82, 2.24) is 0 Å². The van der Waals surface area contributed by atoms with Crippen molar-refractivity contribution in [3.63, 3.8) is 0 Å². The highest BCUT2D eigenvalue weighted by Crippen LogP contribution is 2.32. The molecule has 2 aromatic carbocycles. The van der Waals surface area contributed by atoms with Crippen LogP contribution < -0.4 is 0 Å². The molecule has 0 amide bonds. The zero-order valence-electron chi connectivity index (χ0n) is 14.5. The minimum absolute atomic E-state index is 1.36. The van der Waals surface area contributed by atoms with Gasteiger partial charge in [-0.3, -0.25) is 0 Å². The lowest BCUT2D eigenvalue weighted by Crippen LogP contribution is -1.93. The Morgan fingerprint density at radius 2 is 0.650 bits per heavy atom. The van der Waals surface area contributed by atoms with E-state index in [1.807, 2.05) is 27.7 Å². The van der Waals surface area contributed by atoms with E-state index >= 15 is 0 Å². The van der Waals surface area contributed by atoms with E-state index in [0.717, 1.165) is 0 Å². The van der Waals surface area contributed by atoms with E-state index in [2.05, 4.69) is 64.1 Å². The van der Waals surface area contributed by atoms with Crippen LogP contribution in [0.3, 0.4) is 0 Å². The Kier molecular flexibility index (Phi) is 8.63. The first-order valence-corrected chi connectivity index (χ1v) is 7.74. The Balaban J connectivity index is 0.000000829. The highest BCUT2D eigenvalue weighted by atomic mass is 14.1. The van der Waals surface area contributed by atoms with Crippen LogP contribution in [0.15, 0.2) is 36.4 Å². The summed E-state index contributed by atoms with van der Waals surface area (Å²) in [5.41, 5.74) is 8.24. The maximum absolute atomic E-state index is 2.19. The Bertz CT molecular complexity index is 432. The van der Waals surface area contributed by atoms with Crippen LogP contribution in [0, 0.1) is 27.7 Å². The van der Waals surface area contributed by atoms with Crippen molar-refractivity contribution in [3.05, 3.63) is 58.7 Å². The van der Waals surface area contributed by atoms with Crippen molar-refractivity contribution in [2.45, 2.75) is 55.4 Å². The van der Waals surface area contributed by atoms with Crippen LogP contribution in [0.4, 0.5) is 0 Å². The first-order chi connectivity index (χ1) is 9.61. The SMILES string of the molecule is CC.CC.Cc1cccc(C)c1-c1c(C)cccc1C. The van der Waals surface area contributed by atoms with Gasteiger partial charge in [-0.15, -0.1) is 0 Å². The maximum Gasteiger partial charge on any atom is -0.0120 e. The van der Waals surface area contributed by atoms with Gasteiger partial charge in [0.05, 0.1) is 0 Å². The quantitative estimate of drug-likeness (QED) is 0.545. The molecule has 0 saturated carbocycles. The zero-order chi connectivity index (χ0) is 15.7. The Hall–Kier alpha value is -1.56. The molecule has 0 aliphatic rings. The lowest BCUT2D eigenvalue weighted by Gasteiger charge is -2.15. The average Bonchev–Trinajstić information content (AvgIpc) is 2.46. The van der Waals surface area contributed by atoms with Crippen molar-refractivity contribution < 1.29 is 0 Å². The molecule has 110 valence electrons. The minimum atomic E-state index is 1.36. The van der Waals surface area contributed by atoms with E-state index in [4.69, 9.17) is 0 Å². The molecule has 0 radical (unpaired) electrons. The normalized spacial score (nSPS) is 9.00. The van der Waals surface area contributed by atoms with Crippen LogP contribution in [-0.4, -0.2) is 0 Å². The average molecular weight is 270 g/mol. The molecule has 0 spiro atoms. The molecule has 2 aromatic rings. The summed E-state index contributed by atoms with van der Waals surface area (Å²) in [6, 6.07) is 13.0. The predicted octanol–water partition coefficient (Wildman–Crippen LogP) is 6.64. The Labute approximate surface area is 125 Å². The third-order valence-electron chi connectivity index (χ3n) is 3.21. The van der Waals surface area contributed by atoms with Crippen molar-refractivity contribution in [1.29, 1.82) is 0 Å². The molecular formula is C20H30. The van der Waals surface area contributed by atoms with Crippen LogP contribution >= 0.6 is 0 Å². The van der Waals surface area contributed by atoms with Crippen molar-refractivity contribution in [3.8, 4) is 11.1 Å². The van der Waals surface area contributed by atoms with Crippen molar-refractivity contribution >= 4 is 0 Å². The summed E-state index contributed by atoms with van der Waals surface area (Å²) in [6.07, 6.45) is 0. The number of benzene rings is 2. The smallest absolute Gasteiger partial charge is 0.0120 e. The lowest BCUT2D eigenvalue weighted by atomic mass is 9.90. The third-order valence-corrected chi connectivity index (χ3v) is 3.21. The van der Waals surface area contributed by atoms with Crippen LogP contribution in [0.5, 0.6) is 0 Å². The van der Waals surface area contributed by atoms with Crippen molar-refractivity contribution in [2.75, 3.05) is 0 Å². The molecule has 2 rings (SSSR count). The summed E-state index contributed by atoms with van der Waals surface area (Å²) >= 11 is 0. The van der Waals surface area contributed by atoms with Crippen LogP contribution in [0.25, 0.3) is 11.1 Å². The fraction of sp³-hybridized carbons (Fsp3) is 0.400. The zero-order valence-corrected chi connectivity index (χ0v) is 14.5. The van der Waals surface area contributed by atoms with Gasteiger partial charge in [0.25, 0.3) is 0 Å². The highest BCUT2D eigenvalue weighted by molar-refractivity contribution is 5.76. The summed E-state index contributed by atoms with van der Waals surface area (Å²) in [5.74, 6) is 0. The van der Waals surface area contributed by atoms with Gasteiger partial charge in [-0.25, -0.2) is 0 Å². The fourth-order valence-corrected chi connectivity index (χ4v) is 2.42. The number of hydrogen-bond donors (Lipinski definition) is 0. The molecule has 0 unspecified atom stereocenters. The second-order valence-electron chi connectivity index (χ2n) is 4.53. The summed E-state index contributed by atoms with van der Waals surface area (Å²) in [6.45, 7) is 16.8. The number of rotatable bonds is 1.